The van der Waals surface area contributed by atoms with Crippen molar-refractivity contribution in [1.29, 1.82) is 0 Å². The van der Waals surface area contributed by atoms with E-state index in [-0.39, 0.29) is 11.8 Å². The Hall–Kier alpha value is -3.22. The Morgan fingerprint density at radius 3 is 1.96 bits per heavy atom. The van der Waals surface area contributed by atoms with E-state index >= 15 is 0 Å². The van der Waals surface area contributed by atoms with Crippen LogP contribution in [0.25, 0.3) is 0 Å². The van der Waals surface area contributed by atoms with Gasteiger partial charge >= 0.3 is 0 Å². The highest BCUT2D eigenvalue weighted by atomic mass is 16.5. The van der Waals surface area contributed by atoms with Gasteiger partial charge in [0.05, 0.1) is 32.7 Å². The molecule has 0 fully saturated rings. The van der Waals surface area contributed by atoms with Crippen LogP contribution in [0.3, 0.4) is 0 Å². The lowest BCUT2D eigenvalue weighted by Crippen LogP contribution is -2.16. The highest BCUT2D eigenvalue weighted by molar-refractivity contribution is 6.07. The second kappa shape index (κ2) is 10.2. The first-order valence-corrected chi connectivity index (χ1v) is 9.04. The summed E-state index contributed by atoms with van der Waals surface area (Å²) in [6.45, 7) is 2.03. The topological polar surface area (TPSA) is 85.9 Å². The van der Waals surface area contributed by atoms with Gasteiger partial charge < -0.3 is 24.8 Å². The Bertz CT molecular complexity index is 810. The number of ether oxygens (including phenoxy) is 3. The molecule has 7 heteroatoms. The highest BCUT2D eigenvalue weighted by Gasteiger charge is 2.18. The molecule has 150 valence electrons. The van der Waals surface area contributed by atoms with Crippen LogP contribution in [0.4, 0.5) is 11.4 Å². The van der Waals surface area contributed by atoms with Gasteiger partial charge in [-0.2, -0.15) is 0 Å². The van der Waals surface area contributed by atoms with Gasteiger partial charge in [0.1, 0.15) is 0 Å². The number of anilines is 2. The van der Waals surface area contributed by atoms with E-state index < -0.39 is 0 Å². The molecule has 0 aromatic heterocycles. The number of methoxy groups -OCH3 is 3. The Morgan fingerprint density at radius 1 is 0.893 bits per heavy atom. The molecule has 7 nitrogen and oxygen atoms in total. The molecule has 28 heavy (non-hydrogen) atoms. The van der Waals surface area contributed by atoms with Crippen molar-refractivity contribution >= 4 is 23.2 Å². The van der Waals surface area contributed by atoms with E-state index in [9.17, 15) is 9.59 Å². The van der Waals surface area contributed by atoms with Gasteiger partial charge in [0.25, 0.3) is 5.91 Å². The molecule has 0 bridgehead atoms. The van der Waals surface area contributed by atoms with E-state index in [2.05, 4.69) is 10.6 Å². The molecule has 2 rings (SSSR count). The van der Waals surface area contributed by atoms with Crippen molar-refractivity contribution in [3.8, 4) is 17.2 Å². The van der Waals surface area contributed by atoms with Crippen LogP contribution in [0.1, 0.15) is 36.5 Å². The van der Waals surface area contributed by atoms with Crippen molar-refractivity contribution in [1.82, 2.24) is 0 Å². The minimum Gasteiger partial charge on any atom is -0.493 e. The lowest BCUT2D eigenvalue weighted by atomic mass is 10.1. The number of hydrogen-bond acceptors (Lipinski definition) is 5. The summed E-state index contributed by atoms with van der Waals surface area (Å²) >= 11 is 0. The van der Waals surface area contributed by atoms with Crippen molar-refractivity contribution < 1.29 is 23.8 Å². The zero-order chi connectivity index (χ0) is 20.5. The van der Waals surface area contributed by atoms with E-state index in [0.717, 1.165) is 12.8 Å². The van der Waals surface area contributed by atoms with Crippen LogP contribution in [0.5, 0.6) is 17.2 Å². The van der Waals surface area contributed by atoms with Gasteiger partial charge in [0.15, 0.2) is 11.5 Å². The molecule has 0 heterocycles. The van der Waals surface area contributed by atoms with Gasteiger partial charge in [-0.1, -0.05) is 25.5 Å². The maximum atomic E-state index is 12.8. The minimum absolute atomic E-state index is 0.0867. The van der Waals surface area contributed by atoms with Gasteiger partial charge in [-0.05, 0) is 30.7 Å². The summed E-state index contributed by atoms with van der Waals surface area (Å²) in [5.74, 6) is 0.720. The number of carbonyl (C=O) groups excluding carboxylic acids is 2. The highest BCUT2D eigenvalue weighted by Crippen LogP contribution is 2.38. The second-order valence-electron chi connectivity index (χ2n) is 6.07. The summed E-state index contributed by atoms with van der Waals surface area (Å²) in [4.78, 5) is 24.8. The monoisotopic (exact) mass is 386 g/mol. The van der Waals surface area contributed by atoms with E-state index in [1.54, 1.807) is 36.4 Å². The summed E-state index contributed by atoms with van der Waals surface area (Å²) in [5, 5.41) is 5.67. The molecular weight excluding hydrogens is 360 g/mol. The number of carbonyl (C=O) groups is 2. The van der Waals surface area contributed by atoms with Gasteiger partial charge in [-0.25, -0.2) is 0 Å². The average molecular weight is 386 g/mol. The number of benzene rings is 2. The number of hydrogen-bond donors (Lipinski definition) is 2. The van der Waals surface area contributed by atoms with Crippen LogP contribution in [-0.2, 0) is 4.79 Å². The van der Waals surface area contributed by atoms with E-state index in [4.69, 9.17) is 14.2 Å². The van der Waals surface area contributed by atoms with Crippen molar-refractivity contribution in [3.05, 3.63) is 42.0 Å². The SMILES string of the molecule is CCCCC(=O)Nc1ccccc1NC(=O)c1cc(OC)c(OC)c(OC)c1. The molecule has 0 aliphatic carbocycles. The number of para-hydroxylation sites is 2. The first-order valence-electron chi connectivity index (χ1n) is 9.04. The van der Waals surface area contributed by atoms with Gasteiger partial charge in [-0.15, -0.1) is 0 Å². The van der Waals surface area contributed by atoms with Crippen molar-refractivity contribution in [2.24, 2.45) is 0 Å². The molecule has 0 spiro atoms. The van der Waals surface area contributed by atoms with Crippen LogP contribution < -0.4 is 24.8 Å². The third kappa shape index (κ3) is 5.16. The Balaban J connectivity index is 2.25. The molecule has 0 atom stereocenters. The fourth-order valence-electron chi connectivity index (χ4n) is 2.66. The molecule has 2 N–H and O–H groups in total. The summed E-state index contributed by atoms with van der Waals surface area (Å²) in [5.41, 5.74) is 1.39. The smallest absolute Gasteiger partial charge is 0.255 e. The molecule has 2 amide bonds. The third-order valence-corrected chi connectivity index (χ3v) is 4.13. The Labute approximate surface area is 165 Å². The molecule has 0 unspecified atom stereocenters. The standard InChI is InChI=1S/C21H26N2O5/c1-5-6-11-19(24)22-15-9-7-8-10-16(15)23-21(25)14-12-17(26-2)20(28-4)18(13-14)27-3/h7-10,12-13H,5-6,11H2,1-4H3,(H,22,24)(H,23,25). The van der Waals surface area contributed by atoms with Crippen LogP contribution in [0.15, 0.2) is 36.4 Å². The molecule has 0 radical (unpaired) electrons. The predicted octanol–water partition coefficient (Wildman–Crippen LogP) is 4.09. The van der Waals surface area contributed by atoms with Gasteiger partial charge in [0, 0.05) is 12.0 Å². The van der Waals surface area contributed by atoms with Crippen LogP contribution in [0.2, 0.25) is 0 Å². The molecule has 0 saturated heterocycles. The van der Waals surface area contributed by atoms with E-state index in [1.807, 2.05) is 6.92 Å². The molecule has 0 aliphatic rings. The third-order valence-electron chi connectivity index (χ3n) is 4.13. The molecular formula is C21H26N2O5. The zero-order valence-electron chi connectivity index (χ0n) is 16.6. The summed E-state index contributed by atoms with van der Waals surface area (Å²) in [6, 6.07) is 10.2. The molecule has 2 aromatic rings. The number of nitrogens with one attached hydrogen (secondary N) is 2. The summed E-state index contributed by atoms with van der Waals surface area (Å²) in [6.07, 6.45) is 2.18. The molecule has 2 aromatic carbocycles. The summed E-state index contributed by atoms with van der Waals surface area (Å²) < 4.78 is 15.9. The minimum atomic E-state index is -0.366. The number of amides is 2. The first kappa shape index (κ1) is 21.1. The fraction of sp³-hybridized carbons (Fsp3) is 0.333. The Kier molecular flexibility index (Phi) is 7.68. The summed E-state index contributed by atoms with van der Waals surface area (Å²) in [7, 11) is 4.47. The normalized spacial score (nSPS) is 10.1. The van der Waals surface area contributed by atoms with Crippen molar-refractivity contribution in [3.63, 3.8) is 0 Å². The van der Waals surface area contributed by atoms with Gasteiger partial charge in [-0.3, -0.25) is 9.59 Å². The van der Waals surface area contributed by atoms with E-state index in [0.29, 0.717) is 40.6 Å². The Morgan fingerprint density at radius 2 is 1.46 bits per heavy atom. The zero-order valence-corrected chi connectivity index (χ0v) is 16.6. The van der Waals surface area contributed by atoms with Crippen LogP contribution >= 0.6 is 0 Å². The first-order chi connectivity index (χ1) is 13.5. The van der Waals surface area contributed by atoms with Crippen molar-refractivity contribution in [2.75, 3.05) is 32.0 Å². The maximum Gasteiger partial charge on any atom is 0.255 e. The lowest BCUT2D eigenvalue weighted by molar-refractivity contribution is -0.116. The molecule has 0 saturated carbocycles. The van der Waals surface area contributed by atoms with Crippen LogP contribution in [0, 0.1) is 0 Å². The quantitative estimate of drug-likeness (QED) is 0.678. The lowest BCUT2D eigenvalue weighted by Gasteiger charge is -2.15. The predicted molar refractivity (Wildman–Crippen MR) is 109 cm³/mol. The average Bonchev–Trinajstić information content (AvgIpc) is 2.72. The largest absolute Gasteiger partial charge is 0.493 e. The number of rotatable bonds is 9. The number of unbranched alkanes of at least 4 members (excludes halogenated alkanes) is 1. The van der Waals surface area contributed by atoms with E-state index in [1.165, 1.54) is 21.3 Å². The maximum absolute atomic E-state index is 12.8. The van der Waals surface area contributed by atoms with Gasteiger partial charge in [0.2, 0.25) is 11.7 Å². The fourth-order valence-corrected chi connectivity index (χ4v) is 2.66. The molecule has 0 aliphatic heterocycles. The second-order valence-corrected chi connectivity index (χ2v) is 6.07. The van der Waals surface area contributed by atoms with Crippen molar-refractivity contribution in [2.45, 2.75) is 26.2 Å². The van der Waals surface area contributed by atoms with Crippen LogP contribution in [-0.4, -0.2) is 33.1 Å².